The zero-order valence-corrected chi connectivity index (χ0v) is 20.3. The highest BCUT2D eigenvalue weighted by atomic mass is 79.9. The SMILES string of the molecule is C[C@]12C(O)N(c3cc(Cl)cc(Cl)c3)C(=O)[C@H]1[C@@]2(C(=O)N1CCOCC1)c1ccc(Br)cc1. The van der Waals surface area contributed by atoms with Crippen LogP contribution in [0.2, 0.25) is 10.0 Å². The highest BCUT2D eigenvalue weighted by Crippen LogP contribution is 2.76. The normalized spacial score (nSPS) is 31.6. The number of piperidine rings is 1. The number of fused-ring (bicyclic) bond motifs is 1. The third-order valence-corrected chi connectivity index (χ3v) is 8.09. The molecule has 5 rings (SSSR count). The van der Waals surface area contributed by atoms with Gasteiger partial charge in [0.15, 0.2) is 0 Å². The van der Waals surface area contributed by atoms with Gasteiger partial charge in [0, 0.05) is 38.7 Å². The minimum atomic E-state index is -1.22. The molecule has 2 heterocycles. The molecule has 2 aliphatic heterocycles. The Morgan fingerprint density at radius 2 is 1.72 bits per heavy atom. The van der Waals surface area contributed by atoms with E-state index in [9.17, 15) is 14.7 Å². The number of hydrogen-bond acceptors (Lipinski definition) is 4. The Kier molecular flexibility index (Phi) is 5.34. The van der Waals surface area contributed by atoms with Gasteiger partial charge in [0.2, 0.25) is 11.8 Å². The van der Waals surface area contributed by atoms with Gasteiger partial charge in [0.1, 0.15) is 6.23 Å². The van der Waals surface area contributed by atoms with Crippen molar-refractivity contribution < 1.29 is 19.4 Å². The number of carbonyl (C=O) groups is 2. The van der Waals surface area contributed by atoms with Gasteiger partial charge in [0.05, 0.1) is 24.5 Å². The Balaban J connectivity index is 1.60. The molecule has 0 radical (unpaired) electrons. The summed E-state index contributed by atoms with van der Waals surface area (Å²) in [5.74, 6) is -1.17. The van der Waals surface area contributed by atoms with E-state index in [1.807, 2.05) is 31.2 Å². The van der Waals surface area contributed by atoms with Gasteiger partial charge in [-0.25, -0.2) is 0 Å². The molecular weight excluding hydrogens is 519 g/mol. The summed E-state index contributed by atoms with van der Waals surface area (Å²) < 4.78 is 6.28. The average Bonchev–Trinajstić information content (AvgIpc) is 3.28. The van der Waals surface area contributed by atoms with Crippen molar-refractivity contribution in [1.82, 2.24) is 4.90 Å². The molecule has 2 saturated heterocycles. The number of aliphatic hydroxyl groups excluding tert-OH is 1. The lowest BCUT2D eigenvalue weighted by molar-refractivity contribution is -0.142. The maximum Gasteiger partial charge on any atom is 0.234 e. The number of nitrogens with zero attached hydrogens (tertiary/aromatic N) is 2. The first kappa shape index (κ1) is 22.2. The molecular formula is C23H21BrCl2N2O4. The number of halogens is 3. The topological polar surface area (TPSA) is 70.1 Å². The van der Waals surface area contributed by atoms with Crippen molar-refractivity contribution in [3.8, 4) is 0 Å². The second kappa shape index (κ2) is 7.71. The minimum absolute atomic E-state index is 0.146. The molecule has 3 aliphatic rings. The molecule has 0 spiro atoms. The van der Waals surface area contributed by atoms with Gasteiger partial charge in [-0.15, -0.1) is 0 Å². The highest BCUT2D eigenvalue weighted by molar-refractivity contribution is 9.10. The Labute approximate surface area is 204 Å². The fourth-order valence-corrected chi connectivity index (χ4v) is 6.37. The van der Waals surface area contributed by atoms with Crippen molar-refractivity contribution in [1.29, 1.82) is 0 Å². The van der Waals surface area contributed by atoms with E-state index < -0.39 is 23.0 Å². The van der Waals surface area contributed by atoms with Crippen LogP contribution < -0.4 is 4.90 Å². The highest BCUT2D eigenvalue weighted by Gasteiger charge is 2.89. The van der Waals surface area contributed by atoms with Crippen LogP contribution >= 0.6 is 39.1 Å². The molecule has 6 nitrogen and oxygen atoms in total. The van der Waals surface area contributed by atoms with Crippen LogP contribution in [0.4, 0.5) is 5.69 Å². The minimum Gasteiger partial charge on any atom is -0.378 e. The van der Waals surface area contributed by atoms with Crippen molar-refractivity contribution in [2.24, 2.45) is 11.3 Å². The van der Waals surface area contributed by atoms with E-state index >= 15 is 0 Å². The molecule has 32 heavy (non-hydrogen) atoms. The number of benzene rings is 2. The Morgan fingerprint density at radius 3 is 2.25 bits per heavy atom. The van der Waals surface area contributed by atoms with E-state index in [2.05, 4.69) is 15.9 Å². The summed E-state index contributed by atoms with van der Waals surface area (Å²) in [4.78, 5) is 30.7. The van der Waals surface area contributed by atoms with E-state index in [0.29, 0.717) is 42.0 Å². The van der Waals surface area contributed by atoms with E-state index in [0.717, 1.165) is 10.0 Å². The molecule has 2 amide bonds. The van der Waals surface area contributed by atoms with Gasteiger partial charge < -0.3 is 14.7 Å². The van der Waals surface area contributed by atoms with Crippen LogP contribution in [-0.2, 0) is 19.7 Å². The van der Waals surface area contributed by atoms with Gasteiger partial charge in [-0.3, -0.25) is 14.5 Å². The number of anilines is 1. The Bertz CT molecular complexity index is 1090. The third kappa shape index (κ3) is 2.91. The predicted molar refractivity (Wildman–Crippen MR) is 125 cm³/mol. The molecule has 1 saturated carbocycles. The maximum absolute atomic E-state index is 14.0. The molecule has 9 heteroatoms. The van der Waals surface area contributed by atoms with Gasteiger partial charge >= 0.3 is 0 Å². The van der Waals surface area contributed by atoms with Crippen LogP contribution in [0.15, 0.2) is 46.9 Å². The number of aliphatic hydroxyl groups is 1. The van der Waals surface area contributed by atoms with E-state index in [1.165, 1.54) is 4.90 Å². The smallest absolute Gasteiger partial charge is 0.234 e. The number of ether oxygens (including phenoxy) is 1. The fourth-order valence-electron chi connectivity index (χ4n) is 5.59. The van der Waals surface area contributed by atoms with E-state index in [4.69, 9.17) is 27.9 Å². The lowest BCUT2D eigenvalue weighted by Crippen LogP contribution is -2.53. The summed E-state index contributed by atoms with van der Waals surface area (Å²) in [5, 5.41) is 12.2. The first-order valence-corrected chi connectivity index (χ1v) is 11.9. The molecule has 1 unspecified atom stereocenters. The Morgan fingerprint density at radius 1 is 1.12 bits per heavy atom. The molecule has 2 aromatic rings. The van der Waals surface area contributed by atoms with E-state index in [1.54, 1.807) is 23.1 Å². The van der Waals surface area contributed by atoms with Crippen molar-refractivity contribution in [3.05, 3.63) is 62.5 Å². The molecule has 1 N–H and O–H groups in total. The summed E-state index contributed by atoms with van der Waals surface area (Å²) in [7, 11) is 0. The number of morpholine rings is 1. The maximum atomic E-state index is 14.0. The fraction of sp³-hybridized carbons (Fsp3) is 0.391. The van der Waals surface area contributed by atoms with Crippen LogP contribution in [0, 0.1) is 11.3 Å². The molecule has 0 bridgehead atoms. The number of amides is 2. The second-order valence-electron chi connectivity index (χ2n) is 8.64. The molecule has 1 aliphatic carbocycles. The van der Waals surface area contributed by atoms with Crippen LogP contribution in [0.5, 0.6) is 0 Å². The van der Waals surface area contributed by atoms with Crippen molar-refractivity contribution in [3.63, 3.8) is 0 Å². The largest absolute Gasteiger partial charge is 0.378 e. The van der Waals surface area contributed by atoms with Gasteiger partial charge in [-0.2, -0.15) is 0 Å². The molecule has 4 atom stereocenters. The van der Waals surface area contributed by atoms with E-state index in [-0.39, 0.29) is 11.8 Å². The van der Waals surface area contributed by atoms with Crippen molar-refractivity contribution >= 4 is 56.6 Å². The number of hydrogen-bond donors (Lipinski definition) is 1. The number of carbonyl (C=O) groups excluding carboxylic acids is 2. The lowest BCUT2D eigenvalue weighted by atomic mass is 9.82. The summed E-state index contributed by atoms with van der Waals surface area (Å²) in [6.07, 6.45) is -1.22. The zero-order valence-electron chi connectivity index (χ0n) is 17.2. The molecule has 168 valence electrons. The van der Waals surface area contributed by atoms with Crippen LogP contribution in [-0.4, -0.2) is 54.4 Å². The molecule has 0 aromatic heterocycles. The Hall–Kier alpha value is -1.64. The van der Waals surface area contributed by atoms with Crippen LogP contribution in [0.3, 0.4) is 0 Å². The number of rotatable bonds is 3. The summed E-state index contributed by atoms with van der Waals surface area (Å²) >= 11 is 15.7. The average molecular weight is 540 g/mol. The van der Waals surface area contributed by atoms with Gasteiger partial charge in [-0.1, -0.05) is 58.2 Å². The lowest BCUT2D eigenvalue weighted by Gasteiger charge is -2.37. The first-order valence-electron chi connectivity index (χ1n) is 10.3. The first-order chi connectivity index (χ1) is 15.2. The van der Waals surface area contributed by atoms with Gasteiger partial charge in [-0.05, 0) is 35.9 Å². The summed E-state index contributed by atoms with van der Waals surface area (Å²) in [5.41, 5.74) is -1.03. The van der Waals surface area contributed by atoms with Gasteiger partial charge in [0.25, 0.3) is 0 Å². The quantitative estimate of drug-likeness (QED) is 0.643. The van der Waals surface area contributed by atoms with Crippen LogP contribution in [0.25, 0.3) is 0 Å². The summed E-state index contributed by atoms with van der Waals surface area (Å²) in [6, 6.07) is 12.2. The molecule has 3 fully saturated rings. The zero-order chi connectivity index (χ0) is 22.8. The second-order valence-corrected chi connectivity index (χ2v) is 10.4. The third-order valence-electron chi connectivity index (χ3n) is 7.13. The van der Waals surface area contributed by atoms with Crippen molar-refractivity contribution in [2.75, 3.05) is 31.2 Å². The standard InChI is InChI=1S/C23H21BrCl2N2O4/c1-22-18(19(29)28(20(22)30)17-11-15(25)10-16(26)12-17)23(22,13-2-4-14(24)5-3-13)21(31)27-6-8-32-9-7-27/h2-5,10-12,18,20,30H,6-9H2,1H3/t18-,20?,22-,23-/m1/s1. The predicted octanol–water partition coefficient (Wildman–Crippen LogP) is 3.85. The monoisotopic (exact) mass is 538 g/mol. The van der Waals surface area contributed by atoms with Crippen molar-refractivity contribution in [2.45, 2.75) is 18.6 Å². The summed E-state index contributed by atoms with van der Waals surface area (Å²) in [6.45, 7) is 3.63. The molecule has 2 aromatic carbocycles. The van der Waals surface area contributed by atoms with Crippen LogP contribution in [0.1, 0.15) is 12.5 Å².